The number of nitrogens with zero attached hydrogens (tertiary/aromatic N) is 2. The van der Waals surface area contributed by atoms with Crippen molar-refractivity contribution in [2.75, 3.05) is 0 Å². The van der Waals surface area contributed by atoms with Crippen LogP contribution < -0.4 is 0 Å². The Morgan fingerprint density at radius 1 is 1.47 bits per heavy atom. The highest BCUT2D eigenvalue weighted by atomic mass is 19.1. The normalized spacial score (nSPS) is 12.3. The number of aromatic nitrogens is 2. The summed E-state index contributed by atoms with van der Waals surface area (Å²) in [5.74, 6) is 0.502. The molecular formula is C11H7FN2O. The number of carbonyl (C=O) groups excluding carboxylic acids is 1. The lowest BCUT2D eigenvalue weighted by atomic mass is 10.1. The van der Waals surface area contributed by atoms with E-state index in [-0.39, 0.29) is 5.82 Å². The van der Waals surface area contributed by atoms with E-state index >= 15 is 0 Å². The molecule has 2 aromatic rings. The quantitative estimate of drug-likeness (QED) is 0.564. The van der Waals surface area contributed by atoms with Crippen molar-refractivity contribution in [3.05, 3.63) is 41.5 Å². The van der Waals surface area contributed by atoms with E-state index in [1.807, 2.05) is 4.57 Å². The Morgan fingerprint density at radius 3 is 3.13 bits per heavy atom. The van der Waals surface area contributed by atoms with Crippen molar-refractivity contribution >= 4 is 6.29 Å². The molecule has 3 nitrogen and oxygen atoms in total. The number of imidazole rings is 1. The zero-order valence-electron chi connectivity index (χ0n) is 7.77. The van der Waals surface area contributed by atoms with Crippen LogP contribution in [0.3, 0.4) is 0 Å². The van der Waals surface area contributed by atoms with Gasteiger partial charge in [0.1, 0.15) is 17.3 Å². The van der Waals surface area contributed by atoms with E-state index in [1.54, 1.807) is 12.3 Å². The second kappa shape index (κ2) is 2.76. The van der Waals surface area contributed by atoms with Crippen molar-refractivity contribution in [2.45, 2.75) is 6.54 Å². The molecule has 1 aliphatic heterocycles. The van der Waals surface area contributed by atoms with Gasteiger partial charge in [0.25, 0.3) is 0 Å². The van der Waals surface area contributed by atoms with Crippen LogP contribution in [-0.2, 0) is 6.54 Å². The van der Waals surface area contributed by atoms with Crippen LogP contribution >= 0.6 is 0 Å². The molecule has 2 heterocycles. The van der Waals surface area contributed by atoms with Crippen molar-refractivity contribution in [3.63, 3.8) is 0 Å². The van der Waals surface area contributed by atoms with Gasteiger partial charge in [-0.1, -0.05) is 0 Å². The van der Waals surface area contributed by atoms with Gasteiger partial charge in [-0.25, -0.2) is 9.37 Å². The number of hydrogen-bond acceptors (Lipinski definition) is 2. The molecule has 1 aliphatic rings. The van der Waals surface area contributed by atoms with E-state index in [4.69, 9.17) is 0 Å². The Balaban J connectivity index is 2.21. The van der Waals surface area contributed by atoms with Gasteiger partial charge in [0.15, 0.2) is 6.29 Å². The van der Waals surface area contributed by atoms with Gasteiger partial charge in [-0.15, -0.1) is 0 Å². The minimum absolute atomic E-state index is 0.241. The monoisotopic (exact) mass is 202 g/mol. The maximum atomic E-state index is 13.0. The molecule has 0 N–H and O–H groups in total. The second-order valence-electron chi connectivity index (χ2n) is 3.54. The molecule has 0 aliphatic carbocycles. The first-order valence-electron chi connectivity index (χ1n) is 4.59. The molecule has 0 spiro atoms. The lowest BCUT2D eigenvalue weighted by Gasteiger charge is -1.96. The number of rotatable bonds is 1. The van der Waals surface area contributed by atoms with Gasteiger partial charge < -0.3 is 4.57 Å². The summed E-state index contributed by atoms with van der Waals surface area (Å²) in [6.07, 6.45) is 2.40. The highest BCUT2D eigenvalue weighted by Gasteiger charge is 2.20. The lowest BCUT2D eigenvalue weighted by Crippen LogP contribution is -1.90. The number of aldehydes is 1. The highest BCUT2D eigenvalue weighted by molar-refractivity contribution is 5.75. The molecule has 0 saturated heterocycles. The van der Waals surface area contributed by atoms with E-state index in [0.29, 0.717) is 18.5 Å². The first-order valence-corrected chi connectivity index (χ1v) is 4.59. The van der Waals surface area contributed by atoms with Crippen molar-refractivity contribution in [2.24, 2.45) is 0 Å². The van der Waals surface area contributed by atoms with Gasteiger partial charge in [-0.2, -0.15) is 0 Å². The third kappa shape index (κ3) is 1.11. The maximum absolute atomic E-state index is 13.0. The third-order valence-electron chi connectivity index (χ3n) is 2.56. The Morgan fingerprint density at radius 2 is 2.33 bits per heavy atom. The van der Waals surface area contributed by atoms with Crippen molar-refractivity contribution < 1.29 is 9.18 Å². The SMILES string of the molecule is O=Cc1cn2c(n1)-c1ccc(F)cc1C2. The first kappa shape index (κ1) is 8.35. The van der Waals surface area contributed by atoms with Crippen LogP contribution in [0, 0.1) is 5.82 Å². The van der Waals surface area contributed by atoms with E-state index < -0.39 is 0 Å². The van der Waals surface area contributed by atoms with Gasteiger partial charge in [0.2, 0.25) is 0 Å². The van der Waals surface area contributed by atoms with Gasteiger partial charge in [0, 0.05) is 18.3 Å². The highest BCUT2D eigenvalue weighted by Crippen LogP contribution is 2.31. The zero-order chi connectivity index (χ0) is 10.4. The van der Waals surface area contributed by atoms with Crippen LogP contribution in [0.4, 0.5) is 4.39 Å². The maximum Gasteiger partial charge on any atom is 0.170 e. The summed E-state index contributed by atoms with van der Waals surface area (Å²) in [6.45, 7) is 0.587. The molecule has 3 rings (SSSR count). The molecular weight excluding hydrogens is 195 g/mol. The van der Waals surface area contributed by atoms with Gasteiger partial charge in [0.05, 0.1) is 0 Å². The average Bonchev–Trinajstić information content (AvgIpc) is 2.73. The number of halogens is 1. The molecule has 15 heavy (non-hydrogen) atoms. The molecule has 1 aromatic carbocycles. The van der Waals surface area contributed by atoms with E-state index in [2.05, 4.69) is 4.98 Å². The molecule has 0 saturated carbocycles. The second-order valence-corrected chi connectivity index (χ2v) is 3.54. The van der Waals surface area contributed by atoms with Crippen LogP contribution in [0.1, 0.15) is 16.1 Å². The van der Waals surface area contributed by atoms with Crippen LogP contribution in [0.25, 0.3) is 11.4 Å². The molecule has 0 amide bonds. The van der Waals surface area contributed by atoms with Crippen LogP contribution in [-0.4, -0.2) is 15.8 Å². The first-order chi connectivity index (χ1) is 7.28. The fourth-order valence-electron chi connectivity index (χ4n) is 1.92. The summed E-state index contributed by atoms with van der Waals surface area (Å²) in [7, 11) is 0. The summed E-state index contributed by atoms with van der Waals surface area (Å²) < 4.78 is 14.8. The molecule has 0 unspecified atom stereocenters. The molecule has 4 heteroatoms. The van der Waals surface area contributed by atoms with Crippen LogP contribution in [0.5, 0.6) is 0 Å². The fourth-order valence-corrected chi connectivity index (χ4v) is 1.92. The predicted octanol–water partition coefficient (Wildman–Crippen LogP) is 1.86. The van der Waals surface area contributed by atoms with E-state index in [1.165, 1.54) is 12.1 Å². The molecule has 1 aromatic heterocycles. The van der Waals surface area contributed by atoms with Crippen molar-refractivity contribution in [1.82, 2.24) is 9.55 Å². The predicted molar refractivity (Wildman–Crippen MR) is 52.1 cm³/mol. The zero-order valence-corrected chi connectivity index (χ0v) is 7.77. The third-order valence-corrected chi connectivity index (χ3v) is 2.56. The van der Waals surface area contributed by atoms with Gasteiger partial charge in [-0.05, 0) is 23.8 Å². The standard InChI is InChI=1S/C11H7FN2O/c12-8-1-2-10-7(3-8)4-14-5-9(6-15)13-11(10)14/h1-3,5-6H,4H2. The number of benzene rings is 1. The summed E-state index contributed by atoms with van der Waals surface area (Å²) >= 11 is 0. The van der Waals surface area contributed by atoms with Gasteiger partial charge >= 0.3 is 0 Å². The Bertz CT molecular complexity index is 560. The topological polar surface area (TPSA) is 34.9 Å². The van der Waals surface area contributed by atoms with E-state index in [0.717, 1.165) is 17.0 Å². The number of hydrogen-bond donors (Lipinski definition) is 0. The molecule has 0 fully saturated rings. The number of carbonyl (C=O) groups is 1. The Labute approximate surface area is 85.2 Å². The summed E-state index contributed by atoms with van der Waals surface area (Å²) in [6, 6.07) is 4.61. The van der Waals surface area contributed by atoms with Crippen molar-refractivity contribution in [3.8, 4) is 11.4 Å². The molecule has 74 valence electrons. The van der Waals surface area contributed by atoms with Crippen LogP contribution in [0.2, 0.25) is 0 Å². The largest absolute Gasteiger partial charge is 0.326 e. The Hall–Kier alpha value is -1.97. The summed E-state index contributed by atoms with van der Waals surface area (Å²) in [5, 5.41) is 0. The fraction of sp³-hybridized carbons (Fsp3) is 0.0909. The minimum atomic E-state index is -0.241. The molecule has 0 atom stereocenters. The summed E-state index contributed by atoms with van der Waals surface area (Å²) in [5.41, 5.74) is 2.24. The minimum Gasteiger partial charge on any atom is -0.326 e. The smallest absolute Gasteiger partial charge is 0.170 e. The molecule has 0 bridgehead atoms. The van der Waals surface area contributed by atoms with Crippen molar-refractivity contribution in [1.29, 1.82) is 0 Å². The Kier molecular flexibility index (Phi) is 1.54. The van der Waals surface area contributed by atoms with Gasteiger partial charge in [-0.3, -0.25) is 4.79 Å². The molecule has 0 radical (unpaired) electrons. The van der Waals surface area contributed by atoms with Crippen LogP contribution in [0.15, 0.2) is 24.4 Å². The summed E-state index contributed by atoms with van der Waals surface area (Å²) in [4.78, 5) is 14.7. The number of fused-ring (bicyclic) bond motifs is 3. The van der Waals surface area contributed by atoms with E-state index in [9.17, 15) is 9.18 Å². The average molecular weight is 202 g/mol. The lowest BCUT2D eigenvalue weighted by molar-refractivity contribution is 0.111.